The summed E-state index contributed by atoms with van der Waals surface area (Å²) in [6, 6.07) is 12.3. The Kier molecular flexibility index (Phi) is 7.09. The Morgan fingerprint density at radius 3 is 2.38 bits per heavy atom. The lowest BCUT2D eigenvalue weighted by Gasteiger charge is -2.35. The number of piperazine rings is 1. The van der Waals surface area contributed by atoms with Crippen LogP contribution in [0.5, 0.6) is 5.75 Å². The van der Waals surface area contributed by atoms with Crippen molar-refractivity contribution in [3.8, 4) is 5.75 Å². The third-order valence-corrected chi connectivity index (χ3v) is 6.38. The summed E-state index contributed by atoms with van der Waals surface area (Å²) in [7, 11) is 0. The van der Waals surface area contributed by atoms with Crippen LogP contribution < -0.4 is 20.3 Å². The van der Waals surface area contributed by atoms with E-state index in [1.54, 1.807) is 11.2 Å². The molecule has 0 bridgehead atoms. The molecule has 39 heavy (non-hydrogen) atoms. The first-order chi connectivity index (χ1) is 18.6. The highest BCUT2D eigenvalue weighted by Gasteiger charge is 2.31. The molecule has 12 heteroatoms. The highest BCUT2D eigenvalue weighted by molar-refractivity contribution is 5.94. The smallest absolute Gasteiger partial charge is 0.406 e. The molecule has 2 aromatic carbocycles. The van der Waals surface area contributed by atoms with Crippen LogP contribution in [0.3, 0.4) is 0 Å². The van der Waals surface area contributed by atoms with Gasteiger partial charge in [0.15, 0.2) is 0 Å². The zero-order valence-electron chi connectivity index (χ0n) is 21.0. The molecular weight excluding hydrogens is 513 g/mol. The molecule has 0 atom stereocenters. The summed E-state index contributed by atoms with van der Waals surface area (Å²) in [5, 5.41) is 5.51. The number of carbonyl (C=O) groups excluding carboxylic acids is 2. The van der Waals surface area contributed by atoms with Gasteiger partial charge in [-0.2, -0.15) is 0 Å². The van der Waals surface area contributed by atoms with Crippen molar-refractivity contribution < 1.29 is 27.5 Å². The first-order valence-corrected chi connectivity index (χ1v) is 12.2. The number of anilines is 3. The minimum absolute atomic E-state index is 0.134. The van der Waals surface area contributed by atoms with Gasteiger partial charge in [0, 0.05) is 56.5 Å². The minimum Gasteiger partial charge on any atom is -0.406 e. The van der Waals surface area contributed by atoms with Gasteiger partial charge in [-0.05, 0) is 53.6 Å². The Morgan fingerprint density at radius 2 is 1.69 bits per heavy atom. The second kappa shape index (κ2) is 10.6. The van der Waals surface area contributed by atoms with E-state index in [9.17, 15) is 22.8 Å². The van der Waals surface area contributed by atoms with Crippen LogP contribution in [0.2, 0.25) is 0 Å². The predicted octanol–water partition coefficient (Wildman–Crippen LogP) is 4.78. The molecule has 2 heterocycles. The lowest BCUT2D eigenvalue weighted by atomic mass is 10.0. The third-order valence-electron chi connectivity index (χ3n) is 6.38. The molecule has 202 valence electrons. The highest BCUT2D eigenvalue weighted by atomic mass is 19.4. The van der Waals surface area contributed by atoms with Crippen molar-refractivity contribution in [1.29, 1.82) is 0 Å². The van der Waals surface area contributed by atoms with E-state index in [0.717, 1.165) is 46.0 Å². The molecule has 1 aromatic heterocycles. The number of benzene rings is 2. The first-order valence-electron chi connectivity index (χ1n) is 12.2. The lowest BCUT2D eigenvalue weighted by Crippen LogP contribution is -2.50. The summed E-state index contributed by atoms with van der Waals surface area (Å²) in [5.41, 5.74) is 5.01. The monoisotopic (exact) mass is 538 g/mol. The van der Waals surface area contributed by atoms with Crippen molar-refractivity contribution in [3.63, 3.8) is 0 Å². The highest BCUT2D eigenvalue weighted by Crippen LogP contribution is 2.36. The van der Waals surface area contributed by atoms with Gasteiger partial charge in [0.25, 0.3) is 0 Å². The van der Waals surface area contributed by atoms with E-state index >= 15 is 0 Å². The van der Waals surface area contributed by atoms with Crippen LogP contribution in [0, 0.1) is 0 Å². The van der Waals surface area contributed by atoms with Crippen LogP contribution in [0.1, 0.15) is 23.7 Å². The number of rotatable bonds is 5. The molecular formula is C27H25F3N6O3. The topological polar surface area (TPSA) is 99.7 Å². The number of allylic oxidation sites excluding steroid dienone is 1. The zero-order chi connectivity index (χ0) is 27.6. The maximum Gasteiger partial charge on any atom is 0.573 e. The lowest BCUT2D eigenvalue weighted by molar-refractivity contribution is -0.274. The van der Waals surface area contributed by atoms with E-state index in [4.69, 9.17) is 0 Å². The largest absolute Gasteiger partial charge is 0.573 e. The Hall–Kier alpha value is -4.61. The standard InChI is InChI=1S/C27H25F3N6O3/c1-17(37)33-21-4-2-3-18(13-21)19-14-23-24(15-19)31-16-32-25(23)35-9-11-36(12-10-35)26(38)34-20-5-7-22(8-6-20)39-27(28,29)30/h2-8,13-14,16H,9-12,15H2,1H3,(H,33,37)(H,34,38). The van der Waals surface area contributed by atoms with Crippen LogP contribution in [-0.2, 0) is 11.2 Å². The van der Waals surface area contributed by atoms with Crippen molar-refractivity contribution in [2.24, 2.45) is 0 Å². The van der Waals surface area contributed by atoms with E-state index in [0.29, 0.717) is 38.3 Å². The number of carbonyl (C=O) groups is 2. The molecule has 0 spiro atoms. The summed E-state index contributed by atoms with van der Waals surface area (Å²) < 4.78 is 40.9. The number of nitrogens with zero attached hydrogens (tertiary/aromatic N) is 4. The van der Waals surface area contributed by atoms with Crippen LogP contribution in [0.15, 0.2) is 54.9 Å². The molecule has 1 saturated heterocycles. The summed E-state index contributed by atoms with van der Waals surface area (Å²) >= 11 is 0. The van der Waals surface area contributed by atoms with Crippen molar-refractivity contribution in [2.45, 2.75) is 19.7 Å². The molecule has 1 fully saturated rings. The summed E-state index contributed by atoms with van der Waals surface area (Å²) in [6.07, 6.45) is -0.513. The number of ether oxygens (including phenoxy) is 1. The fraction of sp³-hybridized carbons (Fsp3) is 0.259. The number of amides is 3. The number of halogens is 3. The van der Waals surface area contributed by atoms with Crippen molar-refractivity contribution in [2.75, 3.05) is 41.7 Å². The summed E-state index contributed by atoms with van der Waals surface area (Å²) in [6.45, 7) is 3.45. The number of alkyl halides is 3. The van der Waals surface area contributed by atoms with E-state index in [2.05, 4.69) is 36.3 Å². The van der Waals surface area contributed by atoms with Gasteiger partial charge in [0.1, 0.15) is 17.9 Å². The maximum absolute atomic E-state index is 12.7. The van der Waals surface area contributed by atoms with Crippen LogP contribution in [-0.4, -0.2) is 59.3 Å². The van der Waals surface area contributed by atoms with Crippen LogP contribution >= 0.6 is 0 Å². The van der Waals surface area contributed by atoms with Gasteiger partial charge >= 0.3 is 12.4 Å². The number of hydrogen-bond donors (Lipinski definition) is 2. The second-order valence-electron chi connectivity index (χ2n) is 9.14. The molecule has 0 radical (unpaired) electrons. The molecule has 9 nitrogen and oxygen atoms in total. The number of fused-ring (bicyclic) bond motifs is 1. The molecule has 0 unspecified atom stereocenters. The molecule has 3 aromatic rings. The number of hydrogen-bond acceptors (Lipinski definition) is 6. The molecule has 2 aliphatic rings. The number of urea groups is 1. The molecule has 1 aliphatic heterocycles. The van der Waals surface area contributed by atoms with Crippen LogP contribution in [0.25, 0.3) is 11.6 Å². The maximum atomic E-state index is 12.7. The SMILES string of the molecule is CC(=O)Nc1cccc(C2=Cc3c(ncnc3N3CCN(C(=O)Nc4ccc(OC(F)(F)F)cc4)CC3)C2)c1. The average molecular weight is 539 g/mol. The van der Waals surface area contributed by atoms with E-state index in [-0.39, 0.29) is 17.7 Å². The Balaban J connectivity index is 1.22. The zero-order valence-corrected chi connectivity index (χ0v) is 21.0. The predicted molar refractivity (Wildman–Crippen MR) is 140 cm³/mol. The minimum atomic E-state index is -4.77. The Labute approximate surface area is 222 Å². The molecule has 3 amide bonds. The Morgan fingerprint density at radius 1 is 0.949 bits per heavy atom. The number of aromatic nitrogens is 2. The second-order valence-corrected chi connectivity index (χ2v) is 9.14. The third kappa shape index (κ3) is 6.28. The fourth-order valence-electron chi connectivity index (χ4n) is 4.62. The molecule has 2 N–H and O–H groups in total. The quantitative estimate of drug-likeness (QED) is 0.485. The van der Waals surface area contributed by atoms with Crippen LogP contribution in [0.4, 0.5) is 35.2 Å². The van der Waals surface area contributed by atoms with Gasteiger partial charge in [0.2, 0.25) is 5.91 Å². The Bertz CT molecular complexity index is 1420. The van der Waals surface area contributed by atoms with E-state index in [1.807, 2.05) is 24.3 Å². The normalized spacial score (nSPS) is 14.9. The number of nitrogens with one attached hydrogen (secondary N) is 2. The molecule has 1 aliphatic carbocycles. The average Bonchev–Trinajstić information content (AvgIpc) is 3.34. The van der Waals surface area contributed by atoms with Gasteiger partial charge in [-0.1, -0.05) is 12.1 Å². The van der Waals surface area contributed by atoms with Gasteiger partial charge in [0.05, 0.1) is 5.69 Å². The van der Waals surface area contributed by atoms with Gasteiger partial charge in [-0.3, -0.25) is 4.79 Å². The van der Waals surface area contributed by atoms with E-state index < -0.39 is 6.36 Å². The van der Waals surface area contributed by atoms with Gasteiger partial charge in [-0.25, -0.2) is 14.8 Å². The molecule has 0 saturated carbocycles. The van der Waals surface area contributed by atoms with Crippen molar-refractivity contribution >= 4 is 40.8 Å². The summed E-state index contributed by atoms with van der Waals surface area (Å²) in [4.78, 5) is 36.9. The summed E-state index contributed by atoms with van der Waals surface area (Å²) in [5.74, 6) is 0.308. The fourth-order valence-corrected chi connectivity index (χ4v) is 4.62. The van der Waals surface area contributed by atoms with Crippen molar-refractivity contribution in [3.05, 3.63) is 71.7 Å². The van der Waals surface area contributed by atoms with Gasteiger partial charge < -0.3 is 25.2 Å². The van der Waals surface area contributed by atoms with Crippen molar-refractivity contribution in [1.82, 2.24) is 14.9 Å². The first kappa shape index (κ1) is 26.0. The van der Waals surface area contributed by atoms with Gasteiger partial charge in [-0.15, -0.1) is 13.2 Å². The van der Waals surface area contributed by atoms with E-state index in [1.165, 1.54) is 19.1 Å². The molecule has 5 rings (SSSR count).